The molecule has 168 valence electrons. The van der Waals surface area contributed by atoms with Gasteiger partial charge in [0.05, 0.1) is 12.2 Å². The molecule has 0 aliphatic rings. The van der Waals surface area contributed by atoms with Gasteiger partial charge in [-0.1, -0.05) is 70.2 Å². The van der Waals surface area contributed by atoms with Gasteiger partial charge < -0.3 is 9.47 Å². The van der Waals surface area contributed by atoms with Crippen LogP contribution in [-0.2, 0) is 0 Å². The average Bonchev–Trinajstić information content (AvgIpc) is 2.83. The van der Waals surface area contributed by atoms with Crippen molar-refractivity contribution in [3.63, 3.8) is 0 Å². The van der Waals surface area contributed by atoms with Crippen LogP contribution in [0.25, 0.3) is 10.8 Å². The number of hydrogen-bond donors (Lipinski definition) is 0. The number of carbonyl (C=O) groups excluding carboxylic acids is 2. The number of ether oxygens (including phenoxy) is 2. The Labute approximate surface area is 190 Å². The van der Waals surface area contributed by atoms with Crippen molar-refractivity contribution in [2.45, 2.75) is 58.8 Å². The third kappa shape index (κ3) is 6.19. The van der Waals surface area contributed by atoms with E-state index in [9.17, 15) is 9.59 Å². The highest BCUT2D eigenvalue weighted by Gasteiger charge is 2.15. The largest absolute Gasteiger partial charge is 0.493 e. The van der Waals surface area contributed by atoms with Gasteiger partial charge in [0, 0.05) is 17.4 Å². The molecule has 0 saturated heterocycles. The molecule has 32 heavy (non-hydrogen) atoms. The molecule has 0 aromatic heterocycles. The Morgan fingerprint density at radius 3 is 2.16 bits per heavy atom. The minimum Gasteiger partial charge on any atom is -0.493 e. The number of ketones is 1. The van der Waals surface area contributed by atoms with Gasteiger partial charge in [-0.3, -0.25) is 4.79 Å². The van der Waals surface area contributed by atoms with E-state index in [1.54, 1.807) is 30.3 Å². The first-order valence-electron chi connectivity index (χ1n) is 11.6. The molecule has 0 heterocycles. The monoisotopic (exact) mass is 432 g/mol. The van der Waals surface area contributed by atoms with E-state index in [1.807, 2.05) is 37.3 Å². The van der Waals surface area contributed by atoms with E-state index in [1.165, 1.54) is 32.1 Å². The van der Waals surface area contributed by atoms with Crippen LogP contribution >= 0.6 is 0 Å². The minimum absolute atomic E-state index is 0.0606. The molecule has 0 fully saturated rings. The van der Waals surface area contributed by atoms with Crippen molar-refractivity contribution in [1.29, 1.82) is 0 Å². The van der Waals surface area contributed by atoms with Crippen LogP contribution in [0.4, 0.5) is 0 Å². The highest BCUT2D eigenvalue weighted by atomic mass is 16.5. The maximum atomic E-state index is 12.9. The molecule has 0 radical (unpaired) electrons. The van der Waals surface area contributed by atoms with Crippen molar-refractivity contribution in [3.8, 4) is 11.5 Å². The van der Waals surface area contributed by atoms with Crippen LogP contribution < -0.4 is 9.47 Å². The Morgan fingerprint density at radius 2 is 1.44 bits per heavy atom. The normalized spacial score (nSPS) is 10.8. The van der Waals surface area contributed by atoms with E-state index >= 15 is 0 Å². The lowest BCUT2D eigenvalue weighted by atomic mass is 10.0. The second-order valence-corrected chi connectivity index (χ2v) is 7.96. The second-order valence-electron chi connectivity index (χ2n) is 7.96. The summed E-state index contributed by atoms with van der Waals surface area (Å²) in [5.41, 5.74) is 1.10. The summed E-state index contributed by atoms with van der Waals surface area (Å²) in [6.45, 7) is 4.71. The zero-order valence-corrected chi connectivity index (χ0v) is 19.1. The third-order valence-electron chi connectivity index (χ3n) is 5.57. The standard InChI is InChI=1S/C28H32O4/c1-3-5-6-7-8-11-20-31-27-19-18-25(23-12-9-10-13-24(23)27)28(30)32-22-16-14-21(15-17-22)26(29)4-2/h9-10,12-19H,3-8,11,20H2,1-2H3. The van der Waals surface area contributed by atoms with Crippen LogP contribution in [0.1, 0.15) is 79.5 Å². The Morgan fingerprint density at radius 1 is 0.750 bits per heavy atom. The summed E-state index contributed by atoms with van der Waals surface area (Å²) >= 11 is 0. The Balaban J connectivity index is 1.68. The Hall–Kier alpha value is -3.14. The number of rotatable bonds is 12. The van der Waals surface area contributed by atoms with E-state index in [-0.39, 0.29) is 5.78 Å². The molecule has 4 heteroatoms. The summed E-state index contributed by atoms with van der Waals surface area (Å²) < 4.78 is 11.6. The molecule has 0 aliphatic carbocycles. The maximum absolute atomic E-state index is 12.9. The van der Waals surface area contributed by atoms with Gasteiger partial charge in [0.25, 0.3) is 0 Å². The summed E-state index contributed by atoms with van der Waals surface area (Å²) in [7, 11) is 0. The smallest absolute Gasteiger partial charge is 0.344 e. The first kappa shape index (κ1) is 23.5. The lowest BCUT2D eigenvalue weighted by molar-refractivity contribution is 0.0736. The highest BCUT2D eigenvalue weighted by molar-refractivity contribution is 6.07. The number of carbonyl (C=O) groups is 2. The third-order valence-corrected chi connectivity index (χ3v) is 5.57. The van der Waals surface area contributed by atoms with Crippen LogP contribution in [0.5, 0.6) is 11.5 Å². The predicted octanol–water partition coefficient (Wildman–Crippen LogP) is 7.39. The van der Waals surface area contributed by atoms with Crippen molar-refractivity contribution in [3.05, 3.63) is 71.8 Å². The first-order chi connectivity index (χ1) is 15.6. The first-order valence-corrected chi connectivity index (χ1v) is 11.6. The maximum Gasteiger partial charge on any atom is 0.344 e. The van der Waals surface area contributed by atoms with Crippen molar-refractivity contribution < 1.29 is 19.1 Å². The van der Waals surface area contributed by atoms with Crippen molar-refractivity contribution >= 4 is 22.5 Å². The van der Waals surface area contributed by atoms with Crippen molar-refractivity contribution in [1.82, 2.24) is 0 Å². The molecule has 4 nitrogen and oxygen atoms in total. The fourth-order valence-electron chi connectivity index (χ4n) is 3.71. The van der Waals surface area contributed by atoms with E-state index in [4.69, 9.17) is 9.47 Å². The van der Waals surface area contributed by atoms with Gasteiger partial charge in [-0.05, 0) is 48.2 Å². The van der Waals surface area contributed by atoms with Gasteiger partial charge in [0.15, 0.2) is 5.78 Å². The summed E-state index contributed by atoms with van der Waals surface area (Å²) in [5.74, 6) is 0.826. The molecule has 0 unspecified atom stereocenters. The number of esters is 1. The van der Waals surface area contributed by atoms with Crippen LogP contribution in [0, 0.1) is 0 Å². The number of unbranched alkanes of at least 4 members (excludes halogenated alkanes) is 5. The molecule has 0 N–H and O–H groups in total. The van der Waals surface area contributed by atoms with Crippen LogP contribution in [0.3, 0.4) is 0 Å². The second kappa shape index (κ2) is 12.0. The summed E-state index contributed by atoms with van der Waals surface area (Å²) in [6.07, 6.45) is 7.72. The molecule has 3 aromatic rings. The van der Waals surface area contributed by atoms with Crippen LogP contribution in [-0.4, -0.2) is 18.4 Å². The molecule has 0 aliphatic heterocycles. The minimum atomic E-state index is -0.432. The zero-order chi connectivity index (χ0) is 22.8. The average molecular weight is 433 g/mol. The molecule has 0 saturated carbocycles. The number of fused-ring (bicyclic) bond motifs is 1. The highest BCUT2D eigenvalue weighted by Crippen LogP contribution is 2.30. The van der Waals surface area contributed by atoms with Crippen molar-refractivity contribution in [2.75, 3.05) is 6.61 Å². The van der Waals surface area contributed by atoms with Crippen molar-refractivity contribution in [2.24, 2.45) is 0 Å². The predicted molar refractivity (Wildman–Crippen MR) is 129 cm³/mol. The van der Waals surface area contributed by atoms with Gasteiger partial charge in [-0.2, -0.15) is 0 Å². The van der Waals surface area contributed by atoms with Crippen LogP contribution in [0.15, 0.2) is 60.7 Å². The van der Waals surface area contributed by atoms with E-state index < -0.39 is 5.97 Å². The molecule has 0 atom stereocenters. The molecule has 3 rings (SSSR count). The fourth-order valence-corrected chi connectivity index (χ4v) is 3.71. The summed E-state index contributed by atoms with van der Waals surface area (Å²) in [4.78, 5) is 24.7. The number of Topliss-reactive ketones (excluding diaryl/α,β-unsaturated/α-hetero) is 1. The molecule has 0 spiro atoms. The Kier molecular flexibility index (Phi) is 8.85. The fraction of sp³-hybridized carbons (Fsp3) is 0.357. The number of benzene rings is 3. The molecular weight excluding hydrogens is 400 g/mol. The van der Waals surface area contributed by atoms with Gasteiger partial charge in [-0.15, -0.1) is 0 Å². The lowest BCUT2D eigenvalue weighted by Gasteiger charge is -2.12. The number of hydrogen-bond acceptors (Lipinski definition) is 4. The van der Waals surface area contributed by atoms with Gasteiger partial charge >= 0.3 is 5.97 Å². The molecule has 3 aromatic carbocycles. The van der Waals surface area contributed by atoms with Gasteiger partial charge in [0.2, 0.25) is 0 Å². The van der Waals surface area contributed by atoms with Gasteiger partial charge in [-0.25, -0.2) is 4.79 Å². The van der Waals surface area contributed by atoms with E-state index in [0.717, 1.165) is 22.9 Å². The molecular formula is C28H32O4. The van der Waals surface area contributed by atoms with E-state index in [0.29, 0.717) is 29.9 Å². The SMILES string of the molecule is CCCCCCCCOc1ccc(C(=O)Oc2ccc(C(=O)CC)cc2)c2ccccc12. The zero-order valence-electron chi connectivity index (χ0n) is 19.1. The summed E-state index contributed by atoms with van der Waals surface area (Å²) in [5, 5.41) is 1.70. The lowest BCUT2D eigenvalue weighted by Crippen LogP contribution is -2.10. The summed E-state index contributed by atoms with van der Waals surface area (Å²) in [6, 6.07) is 18.0. The quantitative estimate of drug-likeness (QED) is 0.130. The molecule has 0 bridgehead atoms. The molecule has 0 amide bonds. The van der Waals surface area contributed by atoms with Gasteiger partial charge in [0.1, 0.15) is 11.5 Å². The topological polar surface area (TPSA) is 52.6 Å². The van der Waals surface area contributed by atoms with Crippen LogP contribution in [0.2, 0.25) is 0 Å². The Bertz CT molecular complexity index is 1040. The van der Waals surface area contributed by atoms with E-state index in [2.05, 4.69) is 6.92 Å².